The second-order valence-corrected chi connectivity index (χ2v) is 8.98. The fourth-order valence-electron chi connectivity index (χ4n) is 4.89. The van der Waals surface area contributed by atoms with E-state index in [4.69, 9.17) is 9.47 Å². The molecule has 0 N–H and O–H groups in total. The number of fused-ring (bicyclic) bond motifs is 8. The third-order valence-corrected chi connectivity index (χ3v) is 7.71. The van der Waals surface area contributed by atoms with Gasteiger partial charge in [-0.3, -0.25) is 4.79 Å². The van der Waals surface area contributed by atoms with Gasteiger partial charge in [-0.05, 0) is 38.1 Å². The number of rotatable bonds is 5. The lowest BCUT2D eigenvalue weighted by Crippen LogP contribution is -2.46. The highest BCUT2D eigenvalue weighted by Crippen LogP contribution is 2.70. The minimum atomic E-state index is -0.0608. The summed E-state index contributed by atoms with van der Waals surface area (Å²) in [6.45, 7) is 0.740. The maximum Gasteiger partial charge on any atom is 0.307 e. The molecule has 25 heavy (non-hydrogen) atoms. The van der Waals surface area contributed by atoms with Gasteiger partial charge >= 0.3 is 5.97 Å². The van der Waals surface area contributed by atoms with E-state index in [0.29, 0.717) is 28.8 Å². The minimum absolute atomic E-state index is 0.0296. The Hall–Kier alpha value is -1.04. The van der Waals surface area contributed by atoms with E-state index in [2.05, 4.69) is 36.0 Å². The number of hydrogen-bond donors (Lipinski definition) is 0. The van der Waals surface area contributed by atoms with Gasteiger partial charge in [-0.25, -0.2) is 0 Å². The van der Waals surface area contributed by atoms with Crippen molar-refractivity contribution < 1.29 is 14.3 Å². The number of esters is 1. The van der Waals surface area contributed by atoms with E-state index >= 15 is 0 Å². The average molecular weight is 362 g/mol. The van der Waals surface area contributed by atoms with E-state index in [1.807, 2.05) is 26.1 Å². The van der Waals surface area contributed by atoms with Crippen LogP contribution in [0.25, 0.3) is 0 Å². The number of benzene rings is 1. The summed E-state index contributed by atoms with van der Waals surface area (Å²) >= 11 is 2.05. The van der Waals surface area contributed by atoms with Crippen LogP contribution in [0.15, 0.2) is 24.3 Å². The van der Waals surface area contributed by atoms with Crippen LogP contribution in [0.4, 0.5) is 0 Å². The van der Waals surface area contributed by atoms with Crippen molar-refractivity contribution in [3.8, 4) is 0 Å². The third kappa shape index (κ3) is 3.00. The highest BCUT2D eigenvalue weighted by Gasteiger charge is 2.59. The van der Waals surface area contributed by atoms with E-state index in [9.17, 15) is 4.79 Å². The second-order valence-electron chi connectivity index (χ2n) is 7.69. The standard InChI is InChI=1S/C20H27NO3S/c1-21(2)11-10-16(22)24-15-9-8-14(23-3)17-18(15)20-13-7-5-4-6-12(13)19(17)25-20/h4-7,14-15,17-20H,8-11H2,1-3H3/t14-,15+,17?,18?,19-,20+/m0/s1. The number of methoxy groups -OCH3 is 1. The number of carbonyl (C=O) groups is 1. The molecule has 0 amide bonds. The normalized spacial score (nSPS) is 35.5. The average Bonchev–Trinajstić information content (AvgIpc) is 3.18. The molecule has 1 saturated heterocycles. The van der Waals surface area contributed by atoms with Crippen molar-refractivity contribution in [1.82, 2.24) is 4.90 Å². The Bertz CT molecular complexity index is 650. The third-order valence-electron chi connectivity index (χ3n) is 5.99. The monoisotopic (exact) mass is 361 g/mol. The SMILES string of the molecule is CO[C@H]1CC[C@@H](OC(=O)CCN(C)C)C2C1[C@H]1S[C@@H]2c2ccccc21. The predicted molar refractivity (Wildman–Crippen MR) is 99.6 cm³/mol. The van der Waals surface area contributed by atoms with E-state index in [1.165, 1.54) is 11.1 Å². The second kappa shape index (κ2) is 6.93. The molecular formula is C20H27NO3S. The molecule has 1 saturated carbocycles. The summed E-state index contributed by atoms with van der Waals surface area (Å²) in [7, 11) is 5.79. The smallest absolute Gasteiger partial charge is 0.307 e. The van der Waals surface area contributed by atoms with E-state index in [-0.39, 0.29) is 18.2 Å². The van der Waals surface area contributed by atoms with Crippen LogP contribution in [0.2, 0.25) is 0 Å². The van der Waals surface area contributed by atoms with Gasteiger partial charge in [0.15, 0.2) is 0 Å². The first-order valence-electron chi connectivity index (χ1n) is 9.21. The van der Waals surface area contributed by atoms with Crippen LogP contribution >= 0.6 is 11.8 Å². The van der Waals surface area contributed by atoms with Gasteiger partial charge in [-0.2, -0.15) is 0 Å². The zero-order valence-corrected chi connectivity index (χ0v) is 16.0. The van der Waals surface area contributed by atoms with E-state index in [0.717, 1.165) is 19.4 Å². The molecule has 3 aliphatic rings. The molecule has 1 aromatic carbocycles. The molecule has 4 rings (SSSR count). The summed E-state index contributed by atoms with van der Waals surface area (Å²) in [5.74, 6) is 0.775. The molecule has 0 radical (unpaired) electrons. The molecule has 6 atom stereocenters. The molecule has 0 spiro atoms. The molecular weight excluding hydrogens is 334 g/mol. The Labute approximate surface area is 154 Å². The molecule has 0 aromatic heterocycles. The number of ether oxygens (including phenoxy) is 2. The molecule has 4 nitrogen and oxygen atoms in total. The fourth-order valence-corrected chi connectivity index (χ4v) is 7.00. The van der Waals surface area contributed by atoms with Gasteiger partial charge in [0.05, 0.1) is 12.5 Å². The first kappa shape index (κ1) is 17.4. The van der Waals surface area contributed by atoms with Crippen molar-refractivity contribution in [3.05, 3.63) is 35.4 Å². The molecule has 2 heterocycles. The summed E-state index contributed by atoms with van der Waals surface area (Å²) < 4.78 is 11.8. The van der Waals surface area contributed by atoms with Gasteiger partial charge in [-0.1, -0.05) is 24.3 Å². The Morgan fingerprint density at radius 2 is 1.72 bits per heavy atom. The summed E-state index contributed by atoms with van der Waals surface area (Å²) in [6.07, 6.45) is 2.67. The summed E-state index contributed by atoms with van der Waals surface area (Å²) in [4.78, 5) is 14.3. The highest BCUT2D eigenvalue weighted by atomic mass is 32.2. The fraction of sp³-hybridized carbons (Fsp3) is 0.650. The van der Waals surface area contributed by atoms with Crippen LogP contribution in [-0.4, -0.2) is 50.8 Å². The predicted octanol–water partition coefficient (Wildman–Crippen LogP) is 3.43. The Balaban J connectivity index is 1.55. The van der Waals surface area contributed by atoms with Crippen LogP contribution in [0, 0.1) is 11.8 Å². The van der Waals surface area contributed by atoms with Crippen LogP contribution in [-0.2, 0) is 14.3 Å². The van der Waals surface area contributed by atoms with Gasteiger partial charge in [0.2, 0.25) is 0 Å². The number of nitrogens with zero attached hydrogens (tertiary/aromatic N) is 1. The van der Waals surface area contributed by atoms with E-state index < -0.39 is 0 Å². The van der Waals surface area contributed by atoms with Gasteiger partial charge in [-0.15, -0.1) is 11.8 Å². The molecule has 136 valence electrons. The lowest BCUT2D eigenvalue weighted by atomic mass is 9.66. The molecule has 2 fully saturated rings. The van der Waals surface area contributed by atoms with Crippen molar-refractivity contribution in [3.63, 3.8) is 0 Å². The summed E-state index contributed by atoms with van der Waals surface area (Å²) in [6, 6.07) is 8.79. The first-order chi connectivity index (χ1) is 12.1. The molecule has 5 heteroatoms. The lowest BCUT2D eigenvalue weighted by Gasteiger charge is -2.44. The largest absolute Gasteiger partial charge is 0.462 e. The van der Waals surface area contributed by atoms with Crippen LogP contribution in [0.3, 0.4) is 0 Å². The van der Waals surface area contributed by atoms with Crippen molar-refractivity contribution in [2.45, 2.75) is 42.0 Å². The van der Waals surface area contributed by atoms with Crippen molar-refractivity contribution in [2.75, 3.05) is 27.7 Å². The zero-order valence-electron chi connectivity index (χ0n) is 15.2. The van der Waals surface area contributed by atoms with Crippen molar-refractivity contribution in [2.24, 2.45) is 11.8 Å². The summed E-state index contributed by atoms with van der Waals surface area (Å²) in [5.41, 5.74) is 2.92. The first-order valence-corrected chi connectivity index (χ1v) is 10.2. The minimum Gasteiger partial charge on any atom is -0.462 e. The number of carbonyl (C=O) groups excluding carboxylic acids is 1. The summed E-state index contributed by atoms with van der Waals surface area (Å²) in [5, 5.41) is 0.926. The van der Waals surface area contributed by atoms with E-state index in [1.54, 1.807) is 0 Å². The van der Waals surface area contributed by atoms with Crippen LogP contribution in [0.1, 0.15) is 40.9 Å². The molecule has 2 bridgehead atoms. The molecule has 1 aromatic rings. The number of thioether (sulfide) groups is 1. The number of hydrogen-bond acceptors (Lipinski definition) is 5. The molecule has 2 unspecified atom stereocenters. The molecule has 2 aliphatic heterocycles. The van der Waals surface area contributed by atoms with Gasteiger partial charge in [0, 0.05) is 36.0 Å². The van der Waals surface area contributed by atoms with Gasteiger partial charge in [0.1, 0.15) is 6.10 Å². The Morgan fingerprint density at radius 3 is 2.32 bits per heavy atom. The lowest BCUT2D eigenvalue weighted by molar-refractivity contribution is -0.160. The van der Waals surface area contributed by atoms with Crippen molar-refractivity contribution >= 4 is 17.7 Å². The topological polar surface area (TPSA) is 38.8 Å². The maximum atomic E-state index is 12.3. The van der Waals surface area contributed by atoms with Gasteiger partial charge < -0.3 is 14.4 Å². The Morgan fingerprint density at radius 1 is 1.12 bits per heavy atom. The zero-order chi connectivity index (χ0) is 17.6. The highest BCUT2D eigenvalue weighted by molar-refractivity contribution is 8.00. The maximum absolute atomic E-state index is 12.3. The van der Waals surface area contributed by atoms with Crippen LogP contribution < -0.4 is 0 Å². The quantitative estimate of drug-likeness (QED) is 0.751. The molecule has 1 aliphatic carbocycles. The van der Waals surface area contributed by atoms with Crippen molar-refractivity contribution in [1.29, 1.82) is 0 Å². The van der Waals surface area contributed by atoms with Gasteiger partial charge in [0.25, 0.3) is 0 Å². The van der Waals surface area contributed by atoms with Crippen LogP contribution in [0.5, 0.6) is 0 Å². The Kier molecular flexibility index (Phi) is 4.82.